The van der Waals surface area contributed by atoms with E-state index < -0.39 is 0 Å². The van der Waals surface area contributed by atoms with Crippen molar-refractivity contribution in [2.45, 2.75) is 13.5 Å². The highest BCUT2D eigenvalue weighted by Gasteiger charge is 2.19. The van der Waals surface area contributed by atoms with Crippen LogP contribution in [0, 0.1) is 12.7 Å². The highest BCUT2D eigenvalue weighted by atomic mass is 19.1. The number of anilines is 2. The predicted molar refractivity (Wildman–Crippen MR) is 113 cm³/mol. The van der Waals surface area contributed by atoms with E-state index in [1.165, 1.54) is 12.1 Å². The molecule has 150 valence electrons. The molecule has 0 unspecified atom stereocenters. The first kappa shape index (κ1) is 20.5. The summed E-state index contributed by atoms with van der Waals surface area (Å²) in [5, 5.41) is 9.06. The van der Waals surface area contributed by atoms with Crippen LogP contribution in [0.15, 0.2) is 66.9 Å². The molecule has 3 aromatic rings. The van der Waals surface area contributed by atoms with Crippen LogP contribution in [-0.2, 0) is 6.54 Å². The third-order valence-electron chi connectivity index (χ3n) is 4.66. The minimum absolute atomic E-state index is 0.0450. The van der Waals surface area contributed by atoms with Crippen molar-refractivity contribution in [3.05, 3.63) is 89.4 Å². The molecular formula is C23H24FN3O2. The Hall–Kier alpha value is -3.25. The van der Waals surface area contributed by atoms with Gasteiger partial charge in [-0.3, -0.25) is 4.79 Å². The lowest BCUT2D eigenvalue weighted by Crippen LogP contribution is -2.30. The van der Waals surface area contributed by atoms with Gasteiger partial charge >= 0.3 is 0 Å². The van der Waals surface area contributed by atoms with Gasteiger partial charge in [-0.05, 0) is 55.0 Å². The number of nitrogens with zero attached hydrogens (tertiary/aromatic N) is 3. The van der Waals surface area contributed by atoms with Gasteiger partial charge in [-0.25, -0.2) is 9.37 Å². The van der Waals surface area contributed by atoms with Gasteiger partial charge in [-0.2, -0.15) is 0 Å². The topological polar surface area (TPSA) is 56.7 Å². The van der Waals surface area contributed by atoms with Crippen LogP contribution in [0.4, 0.5) is 15.9 Å². The predicted octanol–water partition coefficient (Wildman–Crippen LogP) is 3.80. The Morgan fingerprint density at radius 1 is 1.03 bits per heavy atom. The van der Waals surface area contributed by atoms with E-state index in [1.807, 2.05) is 43.1 Å². The van der Waals surface area contributed by atoms with E-state index in [0.717, 1.165) is 16.9 Å². The van der Waals surface area contributed by atoms with Crippen molar-refractivity contribution in [3.8, 4) is 0 Å². The molecule has 3 rings (SSSR count). The van der Waals surface area contributed by atoms with Crippen LogP contribution < -0.4 is 9.80 Å². The maximum absolute atomic E-state index is 13.4. The summed E-state index contributed by atoms with van der Waals surface area (Å²) in [7, 11) is 1.85. The molecule has 0 aliphatic rings. The molecule has 0 saturated carbocycles. The highest BCUT2D eigenvalue weighted by molar-refractivity contribution is 6.06. The summed E-state index contributed by atoms with van der Waals surface area (Å²) < 4.78 is 13.4. The van der Waals surface area contributed by atoms with E-state index >= 15 is 0 Å². The van der Waals surface area contributed by atoms with Gasteiger partial charge in [0.25, 0.3) is 5.91 Å². The maximum atomic E-state index is 13.4. The molecule has 6 heteroatoms. The molecule has 1 heterocycles. The largest absolute Gasteiger partial charge is 0.395 e. The van der Waals surface area contributed by atoms with Crippen molar-refractivity contribution in [1.29, 1.82) is 0 Å². The molecule has 1 N–H and O–H groups in total. The summed E-state index contributed by atoms with van der Waals surface area (Å²) in [6.45, 7) is 2.80. The minimum Gasteiger partial charge on any atom is -0.395 e. The number of hydrogen-bond donors (Lipinski definition) is 1. The number of carbonyl (C=O) groups excluding carboxylic acids is 1. The van der Waals surface area contributed by atoms with Crippen molar-refractivity contribution in [3.63, 3.8) is 0 Å². The summed E-state index contributed by atoms with van der Waals surface area (Å²) >= 11 is 0. The van der Waals surface area contributed by atoms with E-state index in [0.29, 0.717) is 24.3 Å². The lowest BCUT2D eigenvalue weighted by Gasteiger charge is -2.24. The third kappa shape index (κ3) is 5.18. The second-order valence-electron chi connectivity index (χ2n) is 6.90. The first-order chi connectivity index (χ1) is 14.0. The van der Waals surface area contributed by atoms with Crippen molar-refractivity contribution >= 4 is 17.4 Å². The van der Waals surface area contributed by atoms with Gasteiger partial charge in [-0.1, -0.05) is 23.8 Å². The summed E-state index contributed by atoms with van der Waals surface area (Å²) in [5.41, 5.74) is 3.09. The summed E-state index contributed by atoms with van der Waals surface area (Å²) in [6.07, 6.45) is 1.71. The third-order valence-corrected chi connectivity index (χ3v) is 4.66. The van der Waals surface area contributed by atoms with Gasteiger partial charge in [0, 0.05) is 31.0 Å². The summed E-state index contributed by atoms with van der Waals surface area (Å²) in [6, 6.07) is 17.0. The lowest BCUT2D eigenvalue weighted by molar-refractivity contribution is 0.0985. The molecule has 0 aliphatic carbocycles. The summed E-state index contributed by atoms with van der Waals surface area (Å²) in [4.78, 5) is 21.1. The quantitative estimate of drug-likeness (QED) is 0.663. The number of halogens is 1. The van der Waals surface area contributed by atoms with Gasteiger partial charge in [0.05, 0.1) is 13.2 Å². The number of benzene rings is 2. The number of carbonyl (C=O) groups is 1. The Morgan fingerprint density at radius 3 is 2.31 bits per heavy atom. The zero-order valence-electron chi connectivity index (χ0n) is 16.5. The average Bonchev–Trinajstić information content (AvgIpc) is 2.73. The second-order valence-corrected chi connectivity index (χ2v) is 6.90. The van der Waals surface area contributed by atoms with Gasteiger partial charge < -0.3 is 14.9 Å². The molecule has 0 fully saturated rings. The van der Waals surface area contributed by atoms with Crippen LogP contribution in [0.2, 0.25) is 0 Å². The van der Waals surface area contributed by atoms with Crippen molar-refractivity contribution in [2.24, 2.45) is 0 Å². The molecule has 29 heavy (non-hydrogen) atoms. The number of aliphatic hydroxyl groups is 1. The fraction of sp³-hybridized carbons (Fsp3) is 0.217. The van der Waals surface area contributed by atoms with Crippen LogP contribution in [0.1, 0.15) is 21.5 Å². The van der Waals surface area contributed by atoms with Crippen LogP contribution >= 0.6 is 0 Å². The number of aromatic nitrogens is 1. The van der Waals surface area contributed by atoms with E-state index in [9.17, 15) is 9.18 Å². The molecule has 0 aliphatic heterocycles. The molecule has 5 nitrogen and oxygen atoms in total. The molecule has 0 saturated heterocycles. The zero-order valence-corrected chi connectivity index (χ0v) is 16.5. The number of rotatable bonds is 7. The first-order valence-electron chi connectivity index (χ1n) is 9.39. The Labute approximate surface area is 170 Å². The maximum Gasteiger partial charge on any atom is 0.258 e. The SMILES string of the molecule is Cc1ccc(C(=O)N(Cc2ccc(N(C)CCO)nc2)c2ccc(F)cc2)cc1. The lowest BCUT2D eigenvalue weighted by atomic mass is 10.1. The molecule has 0 spiro atoms. The normalized spacial score (nSPS) is 10.6. The number of amides is 1. The van der Waals surface area contributed by atoms with Crippen molar-refractivity contribution in [1.82, 2.24) is 4.98 Å². The van der Waals surface area contributed by atoms with Crippen LogP contribution in [0.25, 0.3) is 0 Å². The molecule has 0 atom stereocenters. The zero-order chi connectivity index (χ0) is 20.8. The fourth-order valence-electron chi connectivity index (χ4n) is 2.94. The van der Waals surface area contributed by atoms with Gasteiger partial charge in [0.15, 0.2) is 0 Å². The van der Waals surface area contributed by atoms with E-state index in [4.69, 9.17) is 5.11 Å². The van der Waals surface area contributed by atoms with Gasteiger partial charge in [-0.15, -0.1) is 0 Å². The number of hydrogen-bond acceptors (Lipinski definition) is 4. The minimum atomic E-state index is -0.352. The Bertz CT molecular complexity index is 941. The molecule has 1 aromatic heterocycles. The van der Waals surface area contributed by atoms with Gasteiger partial charge in [0.2, 0.25) is 0 Å². The van der Waals surface area contributed by atoms with Crippen LogP contribution in [0.3, 0.4) is 0 Å². The second kappa shape index (κ2) is 9.30. The monoisotopic (exact) mass is 393 g/mol. The number of aryl methyl sites for hydroxylation is 1. The average molecular weight is 393 g/mol. The number of pyridine rings is 1. The Kier molecular flexibility index (Phi) is 6.57. The molecule has 0 radical (unpaired) electrons. The Morgan fingerprint density at radius 2 is 1.72 bits per heavy atom. The fourth-order valence-corrected chi connectivity index (χ4v) is 2.94. The Balaban J connectivity index is 1.88. The molecule has 0 bridgehead atoms. The summed E-state index contributed by atoms with van der Waals surface area (Å²) in [5.74, 6) is 0.216. The standard InChI is InChI=1S/C23H24FN3O2/c1-17-3-6-19(7-4-17)23(29)27(21-10-8-20(24)9-11-21)16-18-5-12-22(25-15-18)26(2)13-14-28/h3-12,15,28H,13-14,16H2,1-2H3. The molecule has 1 amide bonds. The van der Waals surface area contributed by atoms with Crippen molar-refractivity contribution in [2.75, 3.05) is 30.0 Å². The van der Waals surface area contributed by atoms with Crippen LogP contribution in [-0.4, -0.2) is 36.2 Å². The van der Waals surface area contributed by atoms with E-state index in [-0.39, 0.29) is 18.3 Å². The number of likely N-dealkylation sites (N-methyl/N-ethyl adjacent to an activating group) is 1. The first-order valence-corrected chi connectivity index (χ1v) is 9.39. The van der Waals surface area contributed by atoms with E-state index in [2.05, 4.69) is 4.98 Å². The molecule has 2 aromatic carbocycles. The number of aliphatic hydroxyl groups excluding tert-OH is 1. The van der Waals surface area contributed by atoms with E-state index in [1.54, 1.807) is 35.4 Å². The molecular weight excluding hydrogens is 369 g/mol. The highest BCUT2D eigenvalue weighted by Crippen LogP contribution is 2.22. The van der Waals surface area contributed by atoms with Crippen LogP contribution in [0.5, 0.6) is 0 Å². The smallest absolute Gasteiger partial charge is 0.258 e. The van der Waals surface area contributed by atoms with Crippen molar-refractivity contribution < 1.29 is 14.3 Å². The van der Waals surface area contributed by atoms with Gasteiger partial charge in [0.1, 0.15) is 11.6 Å².